The predicted octanol–water partition coefficient (Wildman–Crippen LogP) is 2.45. The summed E-state index contributed by atoms with van der Waals surface area (Å²) in [7, 11) is -2.34. The van der Waals surface area contributed by atoms with Gasteiger partial charge in [-0.3, -0.25) is 4.79 Å². The minimum Gasteiger partial charge on any atom is -0.494 e. The lowest BCUT2D eigenvalue weighted by atomic mass is 10.2. The largest absolute Gasteiger partial charge is 0.494 e. The van der Waals surface area contributed by atoms with Gasteiger partial charge in [0.25, 0.3) is 5.91 Å². The van der Waals surface area contributed by atoms with E-state index in [1.54, 1.807) is 0 Å². The topological polar surface area (TPSA) is 84.5 Å². The van der Waals surface area contributed by atoms with Crippen LogP contribution in [0.5, 0.6) is 5.75 Å². The number of hydrogen-bond donors (Lipinski definition) is 2. The molecular formula is C17H19ClN2O4S. The molecule has 0 saturated heterocycles. The lowest BCUT2D eigenvalue weighted by Crippen LogP contribution is -2.26. The van der Waals surface area contributed by atoms with Gasteiger partial charge in [-0.05, 0) is 43.8 Å². The SMILES string of the molecule is CNS(=O)(=O)c1ccc(Cl)c(C(=O)NCCCOc2ccccc2)c1. The van der Waals surface area contributed by atoms with Gasteiger partial charge in [0.2, 0.25) is 10.0 Å². The zero-order chi connectivity index (χ0) is 18.3. The number of amides is 1. The molecule has 0 saturated carbocycles. The number of benzene rings is 2. The summed E-state index contributed by atoms with van der Waals surface area (Å²) < 4.78 is 31.4. The Kier molecular flexibility index (Phi) is 6.81. The van der Waals surface area contributed by atoms with Crippen molar-refractivity contribution in [1.82, 2.24) is 10.0 Å². The molecule has 0 aromatic heterocycles. The summed E-state index contributed by atoms with van der Waals surface area (Å²) in [6.07, 6.45) is 0.604. The van der Waals surface area contributed by atoms with Crippen LogP contribution < -0.4 is 14.8 Å². The molecule has 0 heterocycles. The molecule has 2 rings (SSSR count). The Labute approximate surface area is 152 Å². The minimum absolute atomic E-state index is 0.0167. The third kappa shape index (κ3) is 5.45. The Morgan fingerprint density at radius 1 is 1.16 bits per heavy atom. The molecule has 2 aromatic carbocycles. The molecule has 0 aliphatic heterocycles. The van der Waals surface area contributed by atoms with Gasteiger partial charge in [-0.2, -0.15) is 0 Å². The van der Waals surface area contributed by atoms with Gasteiger partial charge in [-0.1, -0.05) is 29.8 Å². The first kappa shape index (κ1) is 19.2. The molecule has 0 spiro atoms. The monoisotopic (exact) mass is 382 g/mol. The van der Waals surface area contributed by atoms with Gasteiger partial charge in [0.15, 0.2) is 0 Å². The lowest BCUT2D eigenvalue weighted by Gasteiger charge is -2.10. The van der Waals surface area contributed by atoms with Crippen molar-refractivity contribution in [2.24, 2.45) is 0 Å². The molecular weight excluding hydrogens is 364 g/mol. The summed E-state index contributed by atoms with van der Waals surface area (Å²) >= 11 is 6.00. The average molecular weight is 383 g/mol. The number of sulfonamides is 1. The second kappa shape index (κ2) is 8.84. The van der Waals surface area contributed by atoms with E-state index in [9.17, 15) is 13.2 Å². The number of ether oxygens (including phenoxy) is 1. The van der Waals surface area contributed by atoms with Crippen LogP contribution in [0.2, 0.25) is 5.02 Å². The van der Waals surface area contributed by atoms with Crippen LogP contribution >= 0.6 is 11.6 Å². The lowest BCUT2D eigenvalue weighted by molar-refractivity contribution is 0.0951. The normalized spacial score (nSPS) is 11.1. The maximum absolute atomic E-state index is 12.2. The van der Waals surface area contributed by atoms with Crippen molar-refractivity contribution in [2.45, 2.75) is 11.3 Å². The third-order valence-corrected chi connectivity index (χ3v) is 5.12. The third-order valence-electron chi connectivity index (χ3n) is 3.38. The van der Waals surface area contributed by atoms with Crippen molar-refractivity contribution in [1.29, 1.82) is 0 Å². The van der Waals surface area contributed by atoms with E-state index < -0.39 is 15.9 Å². The minimum atomic E-state index is -3.64. The Balaban J connectivity index is 1.89. The number of nitrogens with one attached hydrogen (secondary N) is 2. The number of para-hydroxylation sites is 1. The summed E-state index contributed by atoms with van der Waals surface area (Å²) in [6.45, 7) is 0.831. The fourth-order valence-electron chi connectivity index (χ4n) is 2.04. The van der Waals surface area contributed by atoms with E-state index >= 15 is 0 Å². The predicted molar refractivity (Wildman–Crippen MR) is 96.6 cm³/mol. The number of carbonyl (C=O) groups excluding carboxylic acids is 1. The Morgan fingerprint density at radius 3 is 2.56 bits per heavy atom. The summed E-state index contributed by atoms with van der Waals surface area (Å²) in [4.78, 5) is 12.2. The molecule has 0 bridgehead atoms. The van der Waals surface area contributed by atoms with Crippen LogP contribution in [0.1, 0.15) is 16.8 Å². The quantitative estimate of drug-likeness (QED) is 0.687. The van der Waals surface area contributed by atoms with Gasteiger partial charge < -0.3 is 10.1 Å². The van der Waals surface area contributed by atoms with Crippen LogP contribution in [-0.2, 0) is 10.0 Å². The van der Waals surface area contributed by atoms with Crippen LogP contribution in [0.15, 0.2) is 53.4 Å². The van der Waals surface area contributed by atoms with Crippen LogP contribution in [0.4, 0.5) is 0 Å². The second-order valence-electron chi connectivity index (χ2n) is 5.12. The van der Waals surface area contributed by atoms with Gasteiger partial charge in [-0.15, -0.1) is 0 Å². The number of halogens is 1. The molecule has 6 nitrogen and oxygen atoms in total. The van der Waals surface area contributed by atoms with Crippen LogP contribution in [0, 0.1) is 0 Å². The van der Waals surface area contributed by atoms with Crippen molar-refractivity contribution >= 4 is 27.5 Å². The fraction of sp³-hybridized carbons (Fsp3) is 0.235. The summed E-state index contributed by atoms with van der Waals surface area (Å²) in [5.74, 6) is 0.333. The van der Waals surface area contributed by atoms with E-state index in [0.717, 1.165) is 5.75 Å². The molecule has 8 heteroatoms. The molecule has 134 valence electrons. The van der Waals surface area contributed by atoms with Gasteiger partial charge in [-0.25, -0.2) is 13.1 Å². The van der Waals surface area contributed by atoms with E-state index in [1.165, 1.54) is 25.2 Å². The van der Waals surface area contributed by atoms with Gasteiger partial charge in [0, 0.05) is 6.54 Å². The molecule has 0 unspecified atom stereocenters. The van der Waals surface area contributed by atoms with E-state index in [2.05, 4.69) is 10.0 Å². The first-order valence-corrected chi connectivity index (χ1v) is 9.49. The van der Waals surface area contributed by atoms with Crippen molar-refractivity contribution in [3.8, 4) is 5.75 Å². The highest BCUT2D eigenvalue weighted by atomic mass is 35.5. The van der Waals surface area contributed by atoms with Crippen molar-refractivity contribution in [2.75, 3.05) is 20.2 Å². The zero-order valence-electron chi connectivity index (χ0n) is 13.7. The number of carbonyl (C=O) groups is 1. The highest BCUT2D eigenvalue weighted by Crippen LogP contribution is 2.20. The molecule has 0 atom stereocenters. The molecule has 0 radical (unpaired) electrons. The summed E-state index contributed by atoms with van der Waals surface area (Å²) in [5, 5.41) is 2.89. The van der Waals surface area contributed by atoms with Crippen LogP contribution in [-0.4, -0.2) is 34.5 Å². The zero-order valence-corrected chi connectivity index (χ0v) is 15.2. The second-order valence-corrected chi connectivity index (χ2v) is 7.41. The fourth-order valence-corrected chi connectivity index (χ4v) is 3.00. The van der Waals surface area contributed by atoms with Gasteiger partial charge in [0.05, 0.1) is 22.1 Å². The maximum Gasteiger partial charge on any atom is 0.252 e. The molecule has 1 amide bonds. The molecule has 0 aliphatic rings. The summed E-state index contributed by atoms with van der Waals surface area (Å²) in [5.41, 5.74) is 0.113. The van der Waals surface area contributed by atoms with Crippen molar-refractivity contribution in [3.05, 3.63) is 59.1 Å². The molecule has 2 aromatic rings. The van der Waals surface area contributed by atoms with Gasteiger partial charge in [0.1, 0.15) is 5.75 Å². The number of rotatable bonds is 8. The first-order chi connectivity index (χ1) is 11.9. The Hall–Kier alpha value is -2.09. The van der Waals surface area contributed by atoms with Crippen LogP contribution in [0.3, 0.4) is 0 Å². The van der Waals surface area contributed by atoms with Gasteiger partial charge >= 0.3 is 0 Å². The van der Waals surface area contributed by atoms with E-state index in [0.29, 0.717) is 19.6 Å². The molecule has 0 fully saturated rings. The molecule has 2 N–H and O–H groups in total. The van der Waals surface area contributed by atoms with Crippen molar-refractivity contribution < 1.29 is 17.9 Å². The van der Waals surface area contributed by atoms with Crippen LogP contribution in [0.25, 0.3) is 0 Å². The Bertz CT molecular complexity index is 826. The molecule has 25 heavy (non-hydrogen) atoms. The van der Waals surface area contributed by atoms with E-state index in [4.69, 9.17) is 16.3 Å². The first-order valence-electron chi connectivity index (χ1n) is 7.63. The van der Waals surface area contributed by atoms with E-state index in [1.807, 2.05) is 30.3 Å². The van der Waals surface area contributed by atoms with Crippen molar-refractivity contribution in [3.63, 3.8) is 0 Å². The summed E-state index contributed by atoms with van der Waals surface area (Å²) in [6, 6.07) is 13.4. The highest BCUT2D eigenvalue weighted by molar-refractivity contribution is 7.89. The molecule has 0 aliphatic carbocycles. The highest BCUT2D eigenvalue weighted by Gasteiger charge is 2.17. The Morgan fingerprint density at radius 2 is 1.88 bits per heavy atom. The standard InChI is InChI=1S/C17H19ClN2O4S/c1-19-25(22,23)14-8-9-16(18)15(12-14)17(21)20-10-5-11-24-13-6-3-2-4-7-13/h2-4,6-9,12,19H,5,10-11H2,1H3,(H,20,21). The average Bonchev–Trinajstić information content (AvgIpc) is 2.62. The number of hydrogen-bond acceptors (Lipinski definition) is 4. The van der Waals surface area contributed by atoms with E-state index in [-0.39, 0.29) is 15.5 Å². The smallest absolute Gasteiger partial charge is 0.252 e. The maximum atomic E-state index is 12.2.